The smallest absolute Gasteiger partial charge is 0.411 e. The van der Waals surface area contributed by atoms with Gasteiger partial charge in [-0.25, -0.2) is 9.59 Å². The Hall–Kier alpha value is -4.12. The second-order valence-corrected chi connectivity index (χ2v) is 14.8. The number of amides is 3. The Balaban J connectivity index is 1.11. The summed E-state index contributed by atoms with van der Waals surface area (Å²) < 4.78 is 16.4. The minimum atomic E-state index is -0.591. The number of ether oxygens (including phenoxy) is 3. The summed E-state index contributed by atoms with van der Waals surface area (Å²) in [5, 5.41) is 2.93. The lowest BCUT2D eigenvalue weighted by molar-refractivity contribution is -0.146. The standard InChI is InChI=1S/C40H58N4O7/c1-40(2,3)51-39(48)44(32-21-19-31(20-22-32)37(46)49-5)25-13-7-10-18-36(45)42(4)28-29-43-26-23-33(24-27-43)50-38(47)41-35-17-12-11-16-34(35)30-14-8-6-9-15-30/h6,8-9,11-12,14-17,31-33H,7,10,13,18-29H2,1-5H3,(H,41,47). The van der Waals surface area contributed by atoms with E-state index in [-0.39, 0.29) is 36.0 Å². The summed E-state index contributed by atoms with van der Waals surface area (Å²) in [6.45, 7) is 9.19. The van der Waals surface area contributed by atoms with Crippen LogP contribution in [0.5, 0.6) is 0 Å². The molecule has 1 N–H and O–H groups in total. The molecular formula is C40H58N4O7. The number of carbonyl (C=O) groups excluding carboxylic acids is 4. The van der Waals surface area contributed by atoms with Crippen molar-refractivity contribution in [3.05, 3.63) is 54.6 Å². The van der Waals surface area contributed by atoms with Crippen LogP contribution in [0.1, 0.15) is 85.0 Å². The van der Waals surface area contributed by atoms with Crippen LogP contribution in [0.2, 0.25) is 0 Å². The third kappa shape index (κ3) is 12.9. The molecule has 2 aromatic rings. The predicted octanol–water partition coefficient (Wildman–Crippen LogP) is 7.35. The van der Waals surface area contributed by atoms with Crippen LogP contribution in [0.4, 0.5) is 15.3 Å². The topological polar surface area (TPSA) is 118 Å². The monoisotopic (exact) mass is 706 g/mol. The summed E-state index contributed by atoms with van der Waals surface area (Å²) >= 11 is 0. The van der Waals surface area contributed by atoms with Crippen molar-refractivity contribution >= 4 is 29.8 Å². The van der Waals surface area contributed by atoms with Gasteiger partial charge in [0.2, 0.25) is 5.91 Å². The quantitative estimate of drug-likeness (QED) is 0.123. The molecule has 0 spiro atoms. The molecule has 11 nitrogen and oxygen atoms in total. The molecule has 0 aromatic heterocycles. The molecule has 0 bridgehead atoms. The molecule has 3 amide bonds. The molecule has 0 unspecified atom stereocenters. The van der Waals surface area contributed by atoms with E-state index in [0.29, 0.717) is 32.4 Å². The van der Waals surface area contributed by atoms with E-state index in [2.05, 4.69) is 10.2 Å². The van der Waals surface area contributed by atoms with Crippen LogP contribution in [0.15, 0.2) is 54.6 Å². The number of benzene rings is 2. The Morgan fingerprint density at radius 1 is 0.843 bits per heavy atom. The highest BCUT2D eigenvalue weighted by Gasteiger charge is 2.34. The first-order valence-corrected chi connectivity index (χ1v) is 18.6. The van der Waals surface area contributed by atoms with Crippen molar-refractivity contribution in [2.75, 3.05) is 52.2 Å². The fourth-order valence-electron chi connectivity index (χ4n) is 6.88. The zero-order valence-electron chi connectivity index (χ0n) is 31.2. The Kier molecular flexibility index (Phi) is 15.1. The van der Waals surface area contributed by atoms with Crippen molar-refractivity contribution in [2.45, 2.75) is 103 Å². The number of para-hydroxylation sites is 1. The first-order chi connectivity index (χ1) is 24.4. The van der Waals surface area contributed by atoms with Gasteiger partial charge in [0, 0.05) is 57.8 Å². The second kappa shape index (κ2) is 19.5. The first kappa shape index (κ1) is 39.7. The fourth-order valence-corrected chi connectivity index (χ4v) is 6.88. The maximum absolute atomic E-state index is 13.1. The highest BCUT2D eigenvalue weighted by Crippen LogP contribution is 2.30. The number of esters is 1. The van der Waals surface area contributed by atoms with Crippen molar-refractivity contribution in [1.82, 2.24) is 14.7 Å². The third-order valence-corrected chi connectivity index (χ3v) is 9.82. The number of rotatable bonds is 14. The molecule has 0 radical (unpaired) electrons. The maximum atomic E-state index is 13.1. The summed E-state index contributed by atoms with van der Waals surface area (Å²) in [6, 6.07) is 17.7. The van der Waals surface area contributed by atoms with E-state index >= 15 is 0 Å². The SMILES string of the molecule is COC(=O)C1CCC(N(CCCCCC(=O)N(C)CCN2CCC(OC(=O)Nc3ccccc3-c3ccccc3)CC2)C(=O)OC(C)(C)C)CC1. The number of carbonyl (C=O) groups is 4. The minimum Gasteiger partial charge on any atom is -0.469 e. The summed E-state index contributed by atoms with van der Waals surface area (Å²) in [7, 11) is 3.27. The van der Waals surface area contributed by atoms with Gasteiger partial charge >= 0.3 is 18.2 Å². The largest absolute Gasteiger partial charge is 0.469 e. The van der Waals surface area contributed by atoms with Crippen LogP contribution >= 0.6 is 0 Å². The van der Waals surface area contributed by atoms with Gasteiger partial charge in [0.1, 0.15) is 11.7 Å². The van der Waals surface area contributed by atoms with Crippen molar-refractivity contribution in [2.24, 2.45) is 5.92 Å². The van der Waals surface area contributed by atoms with Crippen molar-refractivity contribution in [3.8, 4) is 11.1 Å². The summed E-state index contributed by atoms with van der Waals surface area (Å²) in [5.74, 6) is -0.167. The van der Waals surface area contributed by atoms with E-state index in [4.69, 9.17) is 14.2 Å². The highest BCUT2D eigenvalue weighted by molar-refractivity contribution is 5.91. The van der Waals surface area contributed by atoms with E-state index < -0.39 is 11.7 Å². The molecular weight excluding hydrogens is 648 g/mol. The van der Waals surface area contributed by atoms with Crippen molar-refractivity contribution in [1.29, 1.82) is 0 Å². The molecule has 4 rings (SSSR count). The number of anilines is 1. The molecule has 1 aliphatic heterocycles. The van der Waals surface area contributed by atoms with Crippen LogP contribution in [0.25, 0.3) is 11.1 Å². The highest BCUT2D eigenvalue weighted by atomic mass is 16.6. The second-order valence-electron chi connectivity index (χ2n) is 14.8. The van der Waals surface area contributed by atoms with Gasteiger partial charge in [-0.2, -0.15) is 0 Å². The Morgan fingerprint density at radius 3 is 2.18 bits per heavy atom. The number of methoxy groups -OCH3 is 1. The number of piperidine rings is 1. The van der Waals surface area contributed by atoms with Crippen molar-refractivity contribution < 1.29 is 33.4 Å². The van der Waals surface area contributed by atoms with E-state index in [9.17, 15) is 19.2 Å². The molecule has 280 valence electrons. The number of hydrogen-bond acceptors (Lipinski definition) is 8. The Bertz CT molecular complexity index is 1410. The lowest BCUT2D eigenvalue weighted by Crippen LogP contribution is -2.46. The molecule has 1 heterocycles. The summed E-state index contributed by atoms with van der Waals surface area (Å²) in [5.41, 5.74) is 2.10. The van der Waals surface area contributed by atoms with Gasteiger partial charge in [-0.3, -0.25) is 14.9 Å². The van der Waals surface area contributed by atoms with Gasteiger partial charge in [-0.1, -0.05) is 55.0 Å². The molecule has 2 aliphatic rings. The number of hydrogen-bond donors (Lipinski definition) is 1. The Labute approximate surface area is 304 Å². The van der Waals surface area contributed by atoms with Crippen LogP contribution in [-0.2, 0) is 23.8 Å². The van der Waals surface area contributed by atoms with E-state index in [1.807, 2.05) is 87.3 Å². The maximum Gasteiger partial charge on any atom is 0.411 e. The molecule has 51 heavy (non-hydrogen) atoms. The lowest BCUT2D eigenvalue weighted by atomic mass is 9.85. The van der Waals surface area contributed by atoms with Gasteiger partial charge in [-0.05, 0) is 83.8 Å². The van der Waals surface area contributed by atoms with Gasteiger partial charge in [-0.15, -0.1) is 0 Å². The average molecular weight is 707 g/mol. The van der Waals surface area contributed by atoms with Gasteiger partial charge < -0.3 is 28.9 Å². The Morgan fingerprint density at radius 2 is 1.51 bits per heavy atom. The zero-order valence-corrected chi connectivity index (χ0v) is 31.2. The third-order valence-electron chi connectivity index (χ3n) is 9.82. The van der Waals surface area contributed by atoms with Gasteiger partial charge in [0.15, 0.2) is 0 Å². The van der Waals surface area contributed by atoms with Crippen LogP contribution in [-0.4, -0.2) is 103 Å². The molecule has 1 saturated carbocycles. The van der Waals surface area contributed by atoms with Gasteiger partial charge in [0.25, 0.3) is 0 Å². The molecule has 1 saturated heterocycles. The number of nitrogens with zero attached hydrogens (tertiary/aromatic N) is 3. The van der Waals surface area contributed by atoms with Crippen LogP contribution < -0.4 is 5.32 Å². The molecule has 2 aromatic carbocycles. The van der Waals surface area contributed by atoms with Crippen LogP contribution in [0, 0.1) is 5.92 Å². The fraction of sp³-hybridized carbons (Fsp3) is 0.600. The van der Waals surface area contributed by atoms with E-state index in [0.717, 1.165) is 81.4 Å². The number of nitrogens with one attached hydrogen (secondary N) is 1. The van der Waals surface area contributed by atoms with E-state index in [1.54, 1.807) is 4.90 Å². The molecule has 0 atom stereocenters. The summed E-state index contributed by atoms with van der Waals surface area (Å²) in [6.07, 6.45) is 6.30. The van der Waals surface area contributed by atoms with Crippen LogP contribution in [0.3, 0.4) is 0 Å². The minimum absolute atomic E-state index is 0.0322. The predicted molar refractivity (Wildman–Crippen MR) is 198 cm³/mol. The van der Waals surface area contributed by atoms with Gasteiger partial charge in [0.05, 0.1) is 18.7 Å². The average Bonchev–Trinajstić information content (AvgIpc) is 3.12. The lowest BCUT2D eigenvalue weighted by Gasteiger charge is -2.37. The molecule has 1 aliphatic carbocycles. The number of unbranched alkanes of at least 4 members (excludes halogenated alkanes) is 2. The number of likely N-dealkylation sites (N-methyl/N-ethyl adjacent to an activating group) is 1. The number of likely N-dealkylation sites (tertiary alicyclic amines) is 1. The first-order valence-electron chi connectivity index (χ1n) is 18.6. The van der Waals surface area contributed by atoms with E-state index in [1.165, 1.54) is 7.11 Å². The normalized spacial score (nSPS) is 18.4. The zero-order chi connectivity index (χ0) is 36.8. The summed E-state index contributed by atoms with van der Waals surface area (Å²) in [4.78, 5) is 56.7. The molecule has 2 fully saturated rings. The molecule has 11 heteroatoms. The van der Waals surface area contributed by atoms with Crippen molar-refractivity contribution in [3.63, 3.8) is 0 Å².